The maximum Gasteiger partial charge on any atom is 0.410 e. The molecular weight excluding hydrogens is 362 g/mol. The lowest BCUT2D eigenvalue weighted by atomic mass is 9.96. The summed E-state index contributed by atoms with van der Waals surface area (Å²) in [5.41, 5.74) is -0.0240. The summed E-state index contributed by atoms with van der Waals surface area (Å²) in [5.74, 6) is 0.00690. The quantitative estimate of drug-likeness (QED) is 0.810. The Hall–Kier alpha value is -2.58. The Morgan fingerprint density at radius 1 is 1.14 bits per heavy atom. The summed E-state index contributed by atoms with van der Waals surface area (Å²) < 4.78 is 5.40. The van der Waals surface area contributed by atoms with Crippen molar-refractivity contribution in [2.45, 2.75) is 39.2 Å². The normalized spacial score (nSPS) is 20.8. The molecule has 2 aliphatic heterocycles. The molecule has 3 rings (SSSR count). The molecule has 0 spiro atoms. The number of amides is 2. The highest BCUT2D eigenvalue weighted by molar-refractivity contribution is 5.80. The fourth-order valence-corrected chi connectivity index (χ4v) is 3.65. The highest BCUT2D eigenvalue weighted by Crippen LogP contribution is 2.24. The number of carbonyl (C=O) groups excluding carboxylic acids is 2. The highest BCUT2D eigenvalue weighted by atomic mass is 16.6. The van der Waals surface area contributed by atoms with E-state index in [0.717, 1.165) is 25.1 Å². The largest absolute Gasteiger partial charge is 0.444 e. The zero-order valence-electron chi connectivity index (χ0n) is 16.8. The molecule has 2 amide bonds. The number of aromatic nitrogens is 2. The van der Waals surface area contributed by atoms with Gasteiger partial charge in [-0.2, -0.15) is 5.10 Å². The third-order valence-corrected chi connectivity index (χ3v) is 5.03. The van der Waals surface area contributed by atoms with Gasteiger partial charge in [0.2, 0.25) is 5.91 Å². The Morgan fingerprint density at radius 2 is 1.82 bits per heavy atom. The Bertz CT molecular complexity index is 764. The summed E-state index contributed by atoms with van der Waals surface area (Å²) in [4.78, 5) is 42.2. The zero-order chi connectivity index (χ0) is 20.3. The molecule has 1 aromatic heterocycles. The first kappa shape index (κ1) is 20.2. The van der Waals surface area contributed by atoms with Crippen LogP contribution in [0.5, 0.6) is 0 Å². The van der Waals surface area contributed by atoms with E-state index in [1.807, 2.05) is 30.6 Å². The summed E-state index contributed by atoms with van der Waals surface area (Å²) in [6.45, 7) is 8.91. The number of anilines is 1. The van der Waals surface area contributed by atoms with Crippen molar-refractivity contribution in [2.24, 2.45) is 5.92 Å². The van der Waals surface area contributed by atoms with E-state index in [1.165, 1.54) is 6.07 Å². The monoisotopic (exact) mass is 391 g/mol. The number of H-pyrrole nitrogens is 1. The van der Waals surface area contributed by atoms with Gasteiger partial charge in [-0.05, 0) is 33.6 Å². The van der Waals surface area contributed by atoms with Gasteiger partial charge in [0, 0.05) is 45.3 Å². The van der Waals surface area contributed by atoms with Crippen LogP contribution in [0.15, 0.2) is 17.1 Å². The number of nitrogens with zero attached hydrogens (tertiary/aromatic N) is 4. The van der Waals surface area contributed by atoms with Crippen LogP contribution in [0, 0.1) is 5.92 Å². The fraction of sp³-hybridized carbons (Fsp3) is 0.684. The molecule has 9 nitrogen and oxygen atoms in total. The first-order chi connectivity index (χ1) is 13.2. The fourth-order valence-electron chi connectivity index (χ4n) is 3.65. The zero-order valence-corrected chi connectivity index (χ0v) is 16.8. The van der Waals surface area contributed by atoms with Gasteiger partial charge >= 0.3 is 6.09 Å². The van der Waals surface area contributed by atoms with Crippen LogP contribution in [-0.2, 0) is 9.53 Å². The average molecular weight is 391 g/mol. The SMILES string of the molecule is CC(C)(C)OC(=O)N1CCN(C(=O)C2CCCN(c3cn[nH]c(=O)c3)C2)CC1. The lowest BCUT2D eigenvalue weighted by molar-refractivity contribution is -0.137. The predicted molar refractivity (Wildman–Crippen MR) is 104 cm³/mol. The van der Waals surface area contributed by atoms with E-state index in [1.54, 1.807) is 11.1 Å². The van der Waals surface area contributed by atoms with Gasteiger partial charge in [0.15, 0.2) is 0 Å². The number of piperidine rings is 1. The van der Waals surface area contributed by atoms with Crippen molar-refractivity contribution in [3.63, 3.8) is 0 Å². The second-order valence-corrected chi connectivity index (χ2v) is 8.38. The Morgan fingerprint density at radius 3 is 2.46 bits per heavy atom. The molecule has 0 aromatic carbocycles. The van der Waals surface area contributed by atoms with Crippen molar-refractivity contribution in [1.29, 1.82) is 0 Å². The molecule has 2 fully saturated rings. The van der Waals surface area contributed by atoms with Crippen LogP contribution in [0.3, 0.4) is 0 Å². The van der Waals surface area contributed by atoms with Crippen LogP contribution in [0.25, 0.3) is 0 Å². The minimum Gasteiger partial charge on any atom is -0.444 e. The third-order valence-electron chi connectivity index (χ3n) is 5.03. The van der Waals surface area contributed by atoms with Gasteiger partial charge in [-0.3, -0.25) is 9.59 Å². The van der Waals surface area contributed by atoms with E-state index in [-0.39, 0.29) is 23.5 Å². The van der Waals surface area contributed by atoms with Crippen LogP contribution in [-0.4, -0.2) is 76.9 Å². The lowest BCUT2D eigenvalue weighted by Gasteiger charge is -2.39. The third kappa shape index (κ3) is 5.02. The Balaban J connectivity index is 1.55. The van der Waals surface area contributed by atoms with Crippen LogP contribution in [0.2, 0.25) is 0 Å². The second-order valence-electron chi connectivity index (χ2n) is 8.38. The number of aromatic amines is 1. The van der Waals surface area contributed by atoms with Crippen molar-refractivity contribution < 1.29 is 14.3 Å². The predicted octanol–water partition coefficient (Wildman–Crippen LogP) is 1.07. The van der Waals surface area contributed by atoms with Crippen molar-refractivity contribution in [1.82, 2.24) is 20.0 Å². The Labute approximate surface area is 164 Å². The maximum atomic E-state index is 13.0. The highest BCUT2D eigenvalue weighted by Gasteiger charge is 2.33. The van der Waals surface area contributed by atoms with Gasteiger partial charge in [0.25, 0.3) is 5.56 Å². The molecule has 0 saturated carbocycles. The number of hydrogen-bond donors (Lipinski definition) is 1. The van der Waals surface area contributed by atoms with E-state index >= 15 is 0 Å². The molecule has 3 heterocycles. The summed E-state index contributed by atoms with van der Waals surface area (Å²) in [6, 6.07) is 1.51. The van der Waals surface area contributed by atoms with Crippen LogP contribution >= 0.6 is 0 Å². The van der Waals surface area contributed by atoms with Gasteiger partial charge in [-0.25, -0.2) is 9.89 Å². The summed E-state index contributed by atoms with van der Waals surface area (Å²) in [5, 5.41) is 6.22. The van der Waals surface area contributed by atoms with E-state index in [0.29, 0.717) is 32.7 Å². The van der Waals surface area contributed by atoms with E-state index in [9.17, 15) is 14.4 Å². The molecule has 2 aliphatic rings. The lowest BCUT2D eigenvalue weighted by Crippen LogP contribution is -2.54. The minimum absolute atomic E-state index is 0.110. The first-order valence-corrected chi connectivity index (χ1v) is 9.79. The number of hydrogen-bond acceptors (Lipinski definition) is 6. The average Bonchev–Trinajstić information content (AvgIpc) is 2.66. The first-order valence-electron chi connectivity index (χ1n) is 9.79. The Kier molecular flexibility index (Phi) is 5.90. The van der Waals surface area contributed by atoms with Gasteiger partial charge in [-0.15, -0.1) is 0 Å². The number of piperazine rings is 1. The van der Waals surface area contributed by atoms with Gasteiger partial charge in [0.05, 0.1) is 17.8 Å². The summed E-state index contributed by atoms with van der Waals surface area (Å²) >= 11 is 0. The van der Waals surface area contributed by atoms with Gasteiger partial charge in [-0.1, -0.05) is 0 Å². The smallest absolute Gasteiger partial charge is 0.410 e. The minimum atomic E-state index is -0.524. The van der Waals surface area contributed by atoms with Crippen molar-refractivity contribution in [2.75, 3.05) is 44.2 Å². The number of nitrogens with one attached hydrogen (secondary N) is 1. The molecule has 1 aromatic rings. The molecule has 154 valence electrons. The molecule has 1 unspecified atom stereocenters. The molecule has 2 saturated heterocycles. The van der Waals surface area contributed by atoms with Gasteiger partial charge in [0.1, 0.15) is 5.60 Å². The van der Waals surface area contributed by atoms with Crippen LogP contribution < -0.4 is 10.5 Å². The second kappa shape index (κ2) is 8.20. The molecule has 0 bridgehead atoms. The summed E-state index contributed by atoms with van der Waals surface area (Å²) in [6.07, 6.45) is 3.01. The molecule has 0 radical (unpaired) electrons. The maximum absolute atomic E-state index is 13.0. The molecule has 1 N–H and O–H groups in total. The van der Waals surface area contributed by atoms with Crippen molar-refractivity contribution >= 4 is 17.7 Å². The standard InChI is InChI=1S/C19H29N5O4/c1-19(2,3)28-18(27)23-9-7-22(8-10-23)17(26)14-5-4-6-24(13-14)15-11-16(25)21-20-12-15/h11-12,14H,4-10,13H2,1-3H3,(H,21,25). The van der Waals surface area contributed by atoms with Crippen molar-refractivity contribution in [3.8, 4) is 0 Å². The van der Waals surface area contributed by atoms with E-state index < -0.39 is 5.60 Å². The number of carbonyl (C=O) groups is 2. The van der Waals surface area contributed by atoms with Crippen LogP contribution in [0.4, 0.5) is 10.5 Å². The van der Waals surface area contributed by atoms with Gasteiger partial charge < -0.3 is 19.4 Å². The van der Waals surface area contributed by atoms with E-state index in [2.05, 4.69) is 10.2 Å². The number of ether oxygens (including phenoxy) is 1. The molecule has 1 atom stereocenters. The number of rotatable bonds is 2. The molecule has 28 heavy (non-hydrogen) atoms. The van der Waals surface area contributed by atoms with Crippen LogP contribution in [0.1, 0.15) is 33.6 Å². The summed E-state index contributed by atoms with van der Waals surface area (Å²) in [7, 11) is 0. The molecule has 0 aliphatic carbocycles. The van der Waals surface area contributed by atoms with Crippen molar-refractivity contribution in [3.05, 3.63) is 22.6 Å². The topological polar surface area (TPSA) is 98.8 Å². The molecular formula is C19H29N5O4. The molecule has 9 heteroatoms. The van der Waals surface area contributed by atoms with E-state index in [4.69, 9.17) is 4.74 Å².